The van der Waals surface area contributed by atoms with E-state index in [2.05, 4.69) is 15.0 Å². The molecule has 2 heterocycles. The summed E-state index contributed by atoms with van der Waals surface area (Å²) in [6, 6.07) is 10.2. The summed E-state index contributed by atoms with van der Waals surface area (Å²) in [4.78, 5) is 31.9. The average Bonchev–Trinajstić information content (AvgIpc) is 3.19. The number of carbonyl (C=O) groups is 2. The molecule has 0 spiro atoms. The third-order valence-electron chi connectivity index (χ3n) is 5.79. The van der Waals surface area contributed by atoms with Gasteiger partial charge in [0.15, 0.2) is 5.13 Å². The lowest BCUT2D eigenvalue weighted by atomic mass is 10.0. The van der Waals surface area contributed by atoms with E-state index in [1.54, 1.807) is 37.1 Å². The van der Waals surface area contributed by atoms with E-state index < -0.39 is 10.0 Å². The minimum absolute atomic E-state index is 0.145. The molecule has 2 amide bonds. The molecular weight excluding hydrogens is 512 g/mol. The first kappa shape index (κ1) is 26.8. The van der Waals surface area contributed by atoms with E-state index in [1.165, 1.54) is 24.3 Å². The second kappa shape index (κ2) is 11.0. The van der Waals surface area contributed by atoms with Crippen LogP contribution in [0.15, 0.2) is 47.5 Å². The maximum absolute atomic E-state index is 13.6. The van der Waals surface area contributed by atoms with Gasteiger partial charge in [-0.15, -0.1) is 0 Å². The van der Waals surface area contributed by atoms with Crippen LogP contribution in [0.3, 0.4) is 0 Å². The predicted molar refractivity (Wildman–Crippen MR) is 143 cm³/mol. The molecule has 196 valence electrons. The van der Waals surface area contributed by atoms with Crippen LogP contribution in [-0.2, 0) is 27.8 Å². The highest BCUT2D eigenvalue weighted by Gasteiger charge is 2.25. The lowest BCUT2D eigenvalue weighted by Gasteiger charge is -2.22. The van der Waals surface area contributed by atoms with Crippen molar-refractivity contribution in [2.75, 3.05) is 18.5 Å². The molecule has 0 radical (unpaired) electrons. The van der Waals surface area contributed by atoms with Crippen LogP contribution in [0.1, 0.15) is 49.2 Å². The van der Waals surface area contributed by atoms with Crippen LogP contribution in [0.5, 0.6) is 5.75 Å². The molecule has 1 aliphatic rings. The molecule has 0 bridgehead atoms. The number of fused-ring (bicyclic) bond motifs is 1. The second-order valence-electron chi connectivity index (χ2n) is 9.06. The molecule has 9 nitrogen and oxygen atoms in total. The van der Waals surface area contributed by atoms with Gasteiger partial charge in [-0.2, -0.15) is 0 Å². The summed E-state index contributed by atoms with van der Waals surface area (Å²) in [6.07, 6.45) is 2.22. The molecular formula is C26H30N4O5S2. The molecule has 11 heteroatoms. The van der Waals surface area contributed by atoms with E-state index in [1.807, 2.05) is 25.1 Å². The monoisotopic (exact) mass is 542 g/mol. The molecule has 1 aliphatic heterocycles. The Bertz CT molecular complexity index is 1430. The highest BCUT2D eigenvalue weighted by Crippen LogP contribution is 2.34. The average molecular weight is 543 g/mol. The van der Waals surface area contributed by atoms with Crippen LogP contribution in [0, 0.1) is 0 Å². The standard InChI is InChI=1S/C26H30N4O5S2/c1-5-18-13-21(37(33,34)29-16(2)3)7-8-22(18)25(32)30-10-11-35-23-9-6-19(12-20(23)15-30)24-14-27-26(36-24)28-17(4)31/h6-9,12-14,16,29H,5,10-11,15H2,1-4H3,(H,27,28,31). The number of aryl methyl sites for hydroxylation is 1. The van der Waals surface area contributed by atoms with Gasteiger partial charge in [-0.25, -0.2) is 18.1 Å². The van der Waals surface area contributed by atoms with Crippen molar-refractivity contribution in [2.24, 2.45) is 0 Å². The molecule has 0 saturated carbocycles. The molecule has 0 saturated heterocycles. The summed E-state index contributed by atoms with van der Waals surface area (Å²) in [5, 5.41) is 3.21. The van der Waals surface area contributed by atoms with Gasteiger partial charge in [0.1, 0.15) is 12.4 Å². The third-order valence-corrected chi connectivity index (χ3v) is 8.41. The number of hydrogen-bond donors (Lipinski definition) is 2. The van der Waals surface area contributed by atoms with Crippen molar-refractivity contribution in [3.63, 3.8) is 0 Å². The molecule has 0 fully saturated rings. The second-order valence-corrected chi connectivity index (χ2v) is 11.8. The van der Waals surface area contributed by atoms with E-state index in [0.717, 1.165) is 16.0 Å². The highest BCUT2D eigenvalue weighted by molar-refractivity contribution is 7.89. The Kier molecular flexibility index (Phi) is 7.96. The molecule has 0 unspecified atom stereocenters. The van der Waals surface area contributed by atoms with Crippen molar-refractivity contribution in [3.8, 4) is 16.2 Å². The lowest BCUT2D eigenvalue weighted by Crippen LogP contribution is -2.33. The van der Waals surface area contributed by atoms with Crippen molar-refractivity contribution in [3.05, 3.63) is 59.3 Å². The van der Waals surface area contributed by atoms with Gasteiger partial charge in [0.05, 0.1) is 16.3 Å². The van der Waals surface area contributed by atoms with E-state index in [0.29, 0.717) is 48.1 Å². The first-order chi connectivity index (χ1) is 17.6. The smallest absolute Gasteiger partial charge is 0.254 e. The topological polar surface area (TPSA) is 118 Å². The number of hydrogen-bond acceptors (Lipinski definition) is 7. The molecule has 1 aromatic heterocycles. The molecule has 4 rings (SSSR count). The number of rotatable bonds is 7. The number of anilines is 1. The van der Waals surface area contributed by atoms with Crippen LogP contribution < -0.4 is 14.8 Å². The van der Waals surface area contributed by atoms with E-state index in [4.69, 9.17) is 4.74 Å². The molecule has 3 aromatic rings. The van der Waals surface area contributed by atoms with Crippen molar-refractivity contribution >= 4 is 38.3 Å². The van der Waals surface area contributed by atoms with Gasteiger partial charge in [0.25, 0.3) is 5.91 Å². The third kappa shape index (κ3) is 6.17. The zero-order chi connectivity index (χ0) is 26.7. The van der Waals surface area contributed by atoms with E-state index >= 15 is 0 Å². The number of benzene rings is 2. The van der Waals surface area contributed by atoms with Crippen molar-refractivity contribution in [1.29, 1.82) is 0 Å². The molecule has 37 heavy (non-hydrogen) atoms. The van der Waals surface area contributed by atoms with Gasteiger partial charge < -0.3 is 15.0 Å². The zero-order valence-electron chi connectivity index (χ0n) is 21.2. The Balaban J connectivity index is 1.60. The quantitative estimate of drug-likeness (QED) is 0.465. The van der Waals surface area contributed by atoms with Crippen LogP contribution in [0.25, 0.3) is 10.4 Å². The van der Waals surface area contributed by atoms with Crippen molar-refractivity contribution in [1.82, 2.24) is 14.6 Å². The Hall–Kier alpha value is -3.28. The van der Waals surface area contributed by atoms with Crippen LogP contribution in [-0.4, -0.2) is 49.3 Å². The largest absolute Gasteiger partial charge is 0.491 e. The first-order valence-corrected chi connectivity index (χ1v) is 14.3. The minimum Gasteiger partial charge on any atom is -0.491 e. The van der Waals surface area contributed by atoms with Crippen LogP contribution in [0.2, 0.25) is 0 Å². The maximum Gasteiger partial charge on any atom is 0.254 e. The number of carbonyl (C=O) groups excluding carboxylic acids is 2. The van der Waals surface area contributed by atoms with Gasteiger partial charge in [-0.3, -0.25) is 9.59 Å². The van der Waals surface area contributed by atoms with Gasteiger partial charge in [0, 0.05) is 36.8 Å². The van der Waals surface area contributed by atoms with Gasteiger partial charge in [-0.05, 0) is 67.8 Å². The lowest BCUT2D eigenvalue weighted by molar-refractivity contribution is -0.114. The number of amides is 2. The summed E-state index contributed by atoms with van der Waals surface area (Å²) < 4.78 is 33.8. The predicted octanol–water partition coefficient (Wildman–Crippen LogP) is 4.05. The fourth-order valence-corrected chi connectivity index (χ4v) is 6.28. The highest BCUT2D eigenvalue weighted by atomic mass is 32.2. The molecule has 0 aliphatic carbocycles. The Morgan fingerprint density at radius 1 is 1.19 bits per heavy atom. The van der Waals surface area contributed by atoms with Gasteiger partial charge in [-0.1, -0.05) is 18.3 Å². The Labute approximate surface area is 220 Å². The Morgan fingerprint density at radius 3 is 2.68 bits per heavy atom. The number of aromatic nitrogens is 1. The molecule has 2 N–H and O–H groups in total. The van der Waals surface area contributed by atoms with Crippen molar-refractivity contribution < 1.29 is 22.7 Å². The van der Waals surface area contributed by atoms with E-state index in [9.17, 15) is 18.0 Å². The summed E-state index contributed by atoms with van der Waals surface area (Å²) in [5.41, 5.74) is 2.92. The molecule has 0 atom stereocenters. The van der Waals surface area contributed by atoms with Crippen LogP contribution >= 0.6 is 11.3 Å². The Morgan fingerprint density at radius 2 is 1.97 bits per heavy atom. The first-order valence-electron chi connectivity index (χ1n) is 12.0. The summed E-state index contributed by atoms with van der Waals surface area (Å²) in [7, 11) is -3.66. The van der Waals surface area contributed by atoms with E-state index in [-0.39, 0.29) is 22.8 Å². The number of nitrogens with one attached hydrogen (secondary N) is 2. The summed E-state index contributed by atoms with van der Waals surface area (Å²) in [6.45, 7) is 7.94. The number of sulfonamides is 1. The molecule has 2 aromatic carbocycles. The van der Waals surface area contributed by atoms with Crippen molar-refractivity contribution in [2.45, 2.75) is 51.6 Å². The zero-order valence-corrected chi connectivity index (χ0v) is 22.8. The fourth-order valence-electron chi connectivity index (χ4n) is 4.12. The maximum atomic E-state index is 13.6. The number of thiazole rings is 1. The summed E-state index contributed by atoms with van der Waals surface area (Å²) >= 11 is 1.37. The number of nitrogens with zero attached hydrogens (tertiary/aromatic N) is 2. The van der Waals surface area contributed by atoms with Gasteiger partial charge >= 0.3 is 0 Å². The number of ether oxygens (including phenoxy) is 1. The minimum atomic E-state index is -3.66. The SMILES string of the molecule is CCc1cc(S(=O)(=O)NC(C)C)ccc1C(=O)N1CCOc2ccc(-c3cnc(NC(C)=O)s3)cc2C1. The fraction of sp³-hybridized carbons (Fsp3) is 0.346. The van der Waals surface area contributed by atoms with Crippen LogP contribution in [0.4, 0.5) is 5.13 Å². The normalized spacial score (nSPS) is 13.6. The van der Waals surface area contributed by atoms with Gasteiger partial charge in [0.2, 0.25) is 15.9 Å². The summed E-state index contributed by atoms with van der Waals surface area (Å²) in [5.74, 6) is 0.353.